The number of hydrogen-bond donors (Lipinski definition) is 2. The van der Waals surface area contributed by atoms with E-state index in [4.69, 9.17) is 0 Å². The summed E-state index contributed by atoms with van der Waals surface area (Å²) in [6.07, 6.45) is 0. The van der Waals surface area contributed by atoms with Gasteiger partial charge in [0.15, 0.2) is 0 Å². The monoisotopic (exact) mass is 362 g/mol. The number of carbonyl (C=O) groups is 1. The zero-order chi connectivity index (χ0) is 19.0. The number of nitrogens with one attached hydrogen (secondary N) is 2. The van der Waals surface area contributed by atoms with Gasteiger partial charge in [0.05, 0.1) is 16.9 Å². The van der Waals surface area contributed by atoms with Gasteiger partial charge in [0.2, 0.25) is 5.56 Å². The highest BCUT2D eigenvalue weighted by Gasteiger charge is 2.15. The zero-order valence-corrected chi connectivity index (χ0v) is 14.4. The van der Waals surface area contributed by atoms with E-state index in [-0.39, 0.29) is 16.9 Å². The molecular formula is C20H15FN4O2. The van der Waals surface area contributed by atoms with Crippen LogP contribution in [0.25, 0.3) is 16.6 Å². The maximum atomic E-state index is 13.2. The molecule has 2 N–H and O–H groups in total. The summed E-state index contributed by atoms with van der Waals surface area (Å²) in [4.78, 5) is 27.5. The molecule has 1 amide bonds. The number of aromatic nitrogens is 3. The van der Waals surface area contributed by atoms with Crippen LogP contribution in [-0.4, -0.2) is 20.7 Å². The van der Waals surface area contributed by atoms with Gasteiger partial charge in [0.25, 0.3) is 5.91 Å². The fraction of sp³-hybridized carbons (Fsp3) is 0.0500. The van der Waals surface area contributed by atoms with Gasteiger partial charge in [-0.25, -0.2) is 9.07 Å². The Morgan fingerprint density at radius 2 is 1.85 bits per heavy atom. The first-order valence-corrected chi connectivity index (χ1v) is 8.27. The molecule has 0 radical (unpaired) electrons. The Labute approximate surface area is 153 Å². The van der Waals surface area contributed by atoms with E-state index in [0.29, 0.717) is 28.1 Å². The van der Waals surface area contributed by atoms with Crippen LogP contribution in [0.15, 0.2) is 65.5 Å². The number of amides is 1. The predicted molar refractivity (Wildman–Crippen MR) is 101 cm³/mol. The Bertz CT molecular complexity index is 1210. The molecule has 2 heterocycles. The van der Waals surface area contributed by atoms with E-state index in [1.54, 1.807) is 49.4 Å². The molecule has 0 atom stereocenters. The highest BCUT2D eigenvalue weighted by Crippen LogP contribution is 2.20. The molecule has 134 valence electrons. The van der Waals surface area contributed by atoms with Gasteiger partial charge in [-0.1, -0.05) is 18.2 Å². The van der Waals surface area contributed by atoms with Crippen molar-refractivity contribution in [2.24, 2.45) is 0 Å². The van der Waals surface area contributed by atoms with E-state index in [0.717, 1.165) is 0 Å². The van der Waals surface area contributed by atoms with Crippen LogP contribution in [0.5, 0.6) is 0 Å². The van der Waals surface area contributed by atoms with E-state index >= 15 is 0 Å². The third-order valence-corrected chi connectivity index (χ3v) is 4.14. The molecule has 2 aromatic carbocycles. The second-order valence-electron chi connectivity index (χ2n) is 6.11. The van der Waals surface area contributed by atoms with Crippen molar-refractivity contribution in [3.05, 3.63) is 88.1 Å². The topological polar surface area (TPSA) is 79.8 Å². The quantitative estimate of drug-likeness (QED) is 0.586. The number of carbonyl (C=O) groups excluding carboxylic acids is 1. The SMILES string of the molecule is Cc1cc(NC(=O)c2cc(=O)[nH]c3ccccc23)n(-c2ccc(F)cc2)n1. The summed E-state index contributed by atoms with van der Waals surface area (Å²) in [5, 5.41) is 7.78. The van der Waals surface area contributed by atoms with Crippen LogP contribution in [-0.2, 0) is 0 Å². The smallest absolute Gasteiger partial charge is 0.257 e. The van der Waals surface area contributed by atoms with Crippen LogP contribution in [0, 0.1) is 12.7 Å². The number of anilines is 1. The van der Waals surface area contributed by atoms with Crippen molar-refractivity contribution >= 4 is 22.6 Å². The fourth-order valence-corrected chi connectivity index (χ4v) is 2.94. The molecule has 0 aliphatic carbocycles. The summed E-state index contributed by atoms with van der Waals surface area (Å²) < 4.78 is 14.7. The Morgan fingerprint density at radius 3 is 2.63 bits per heavy atom. The standard InChI is InChI=1S/C20H15FN4O2/c1-12-10-18(25(24-12)14-8-6-13(21)7-9-14)23-20(27)16-11-19(26)22-17-5-3-2-4-15(16)17/h2-11H,1H3,(H,22,26)(H,23,27). The fourth-order valence-electron chi connectivity index (χ4n) is 2.94. The van der Waals surface area contributed by atoms with Gasteiger partial charge in [-0.3, -0.25) is 9.59 Å². The first-order chi connectivity index (χ1) is 13.0. The van der Waals surface area contributed by atoms with Crippen LogP contribution >= 0.6 is 0 Å². The Hall–Kier alpha value is -3.74. The van der Waals surface area contributed by atoms with Crippen LogP contribution in [0.4, 0.5) is 10.2 Å². The number of nitrogens with zero attached hydrogens (tertiary/aromatic N) is 2. The molecule has 7 heteroatoms. The summed E-state index contributed by atoms with van der Waals surface area (Å²) in [5.74, 6) is -0.364. The first-order valence-electron chi connectivity index (χ1n) is 8.27. The van der Waals surface area contributed by atoms with Gasteiger partial charge in [-0.15, -0.1) is 0 Å². The Kier molecular flexibility index (Phi) is 4.04. The maximum Gasteiger partial charge on any atom is 0.257 e. The minimum atomic E-state index is -0.430. The summed E-state index contributed by atoms with van der Waals surface area (Å²) in [6, 6.07) is 15.8. The number of H-pyrrole nitrogens is 1. The number of rotatable bonds is 3. The average molecular weight is 362 g/mol. The van der Waals surface area contributed by atoms with Crippen LogP contribution in [0.2, 0.25) is 0 Å². The molecule has 6 nitrogen and oxygen atoms in total. The molecule has 0 aliphatic rings. The maximum absolute atomic E-state index is 13.2. The largest absolute Gasteiger partial charge is 0.322 e. The molecule has 27 heavy (non-hydrogen) atoms. The number of hydrogen-bond acceptors (Lipinski definition) is 3. The summed E-state index contributed by atoms with van der Waals surface area (Å²) >= 11 is 0. The van der Waals surface area contributed by atoms with Crippen molar-refractivity contribution in [1.29, 1.82) is 0 Å². The van der Waals surface area contributed by atoms with Crippen LogP contribution < -0.4 is 10.9 Å². The number of halogens is 1. The van der Waals surface area contributed by atoms with Crippen LogP contribution in [0.1, 0.15) is 16.1 Å². The predicted octanol–water partition coefficient (Wildman–Crippen LogP) is 3.41. The van der Waals surface area contributed by atoms with Gasteiger partial charge in [-0.05, 0) is 37.3 Å². The third kappa shape index (κ3) is 3.22. The lowest BCUT2D eigenvalue weighted by molar-refractivity contribution is 0.102. The summed E-state index contributed by atoms with van der Waals surface area (Å²) in [7, 11) is 0. The normalized spacial score (nSPS) is 10.9. The lowest BCUT2D eigenvalue weighted by Gasteiger charge is -2.10. The highest BCUT2D eigenvalue weighted by molar-refractivity contribution is 6.12. The molecule has 4 rings (SSSR count). The van der Waals surface area contributed by atoms with E-state index in [1.165, 1.54) is 22.9 Å². The van der Waals surface area contributed by atoms with E-state index in [1.807, 2.05) is 0 Å². The van der Waals surface area contributed by atoms with Crippen molar-refractivity contribution in [3.8, 4) is 5.69 Å². The van der Waals surface area contributed by atoms with Gasteiger partial charge >= 0.3 is 0 Å². The second kappa shape index (κ2) is 6.53. The van der Waals surface area contributed by atoms with Crippen molar-refractivity contribution in [3.63, 3.8) is 0 Å². The summed E-state index contributed by atoms with van der Waals surface area (Å²) in [6.45, 7) is 1.79. The lowest BCUT2D eigenvalue weighted by Crippen LogP contribution is -2.18. The Morgan fingerprint density at radius 1 is 1.11 bits per heavy atom. The van der Waals surface area contributed by atoms with Crippen LogP contribution in [0.3, 0.4) is 0 Å². The van der Waals surface area contributed by atoms with Gasteiger partial charge < -0.3 is 10.3 Å². The number of para-hydroxylation sites is 1. The minimum Gasteiger partial charge on any atom is -0.322 e. The van der Waals surface area contributed by atoms with Crippen molar-refractivity contribution in [1.82, 2.24) is 14.8 Å². The molecule has 0 spiro atoms. The molecule has 0 unspecified atom stereocenters. The molecule has 2 aromatic heterocycles. The van der Waals surface area contributed by atoms with E-state index < -0.39 is 5.91 Å². The second-order valence-corrected chi connectivity index (χ2v) is 6.11. The number of pyridine rings is 1. The summed E-state index contributed by atoms with van der Waals surface area (Å²) in [5.41, 5.74) is 1.78. The van der Waals surface area contributed by atoms with E-state index in [9.17, 15) is 14.0 Å². The van der Waals surface area contributed by atoms with E-state index in [2.05, 4.69) is 15.4 Å². The number of aromatic amines is 1. The van der Waals surface area contributed by atoms with Crippen molar-refractivity contribution in [2.45, 2.75) is 6.92 Å². The lowest BCUT2D eigenvalue weighted by atomic mass is 10.1. The van der Waals surface area contributed by atoms with Gasteiger partial charge in [0, 0.05) is 23.0 Å². The van der Waals surface area contributed by atoms with Gasteiger partial charge in [0.1, 0.15) is 11.6 Å². The molecular weight excluding hydrogens is 347 g/mol. The van der Waals surface area contributed by atoms with Crippen molar-refractivity contribution < 1.29 is 9.18 Å². The zero-order valence-electron chi connectivity index (χ0n) is 14.4. The van der Waals surface area contributed by atoms with Crippen molar-refractivity contribution in [2.75, 3.05) is 5.32 Å². The first kappa shape index (κ1) is 16.7. The molecule has 0 aliphatic heterocycles. The number of aryl methyl sites for hydroxylation is 1. The molecule has 0 saturated heterocycles. The number of benzene rings is 2. The minimum absolute atomic E-state index is 0.263. The van der Waals surface area contributed by atoms with Gasteiger partial charge in [-0.2, -0.15) is 5.10 Å². The Balaban J connectivity index is 1.75. The average Bonchev–Trinajstić information content (AvgIpc) is 3.01. The molecule has 0 saturated carbocycles. The molecule has 0 fully saturated rings. The highest BCUT2D eigenvalue weighted by atomic mass is 19.1. The molecule has 4 aromatic rings. The molecule has 0 bridgehead atoms. The third-order valence-electron chi connectivity index (χ3n) is 4.14. The number of fused-ring (bicyclic) bond motifs is 1.